The largest absolute Gasteiger partial charge is 0.545 e. The summed E-state index contributed by atoms with van der Waals surface area (Å²) >= 11 is 0. The van der Waals surface area contributed by atoms with Crippen molar-refractivity contribution in [2.45, 2.75) is 33.1 Å². The van der Waals surface area contributed by atoms with E-state index in [-0.39, 0.29) is 5.56 Å². The van der Waals surface area contributed by atoms with E-state index >= 15 is 0 Å². The molecule has 5 nitrogen and oxygen atoms in total. The van der Waals surface area contributed by atoms with Gasteiger partial charge in [0.1, 0.15) is 0 Å². The molecule has 1 aromatic rings. The maximum absolute atomic E-state index is 11.2. The minimum Gasteiger partial charge on any atom is -0.545 e. The molecule has 0 aliphatic rings. The predicted octanol–water partition coefficient (Wildman–Crippen LogP) is 0.879. The maximum atomic E-state index is 11.2. The zero-order valence-electron chi connectivity index (χ0n) is 12.3. The SMILES string of the molecule is CCCN(CCC)CCc1c(C(=O)[O-])ccc(N)c1N. The van der Waals surface area contributed by atoms with Crippen LogP contribution in [0.3, 0.4) is 0 Å². The summed E-state index contributed by atoms with van der Waals surface area (Å²) in [5, 5.41) is 11.2. The lowest BCUT2D eigenvalue weighted by molar-refractivity contribution is -0.255. The van der Waals surface area contributed by atoms with Crippen molar-refractivity contribution in [2.75, 3.05) is 31.1 Å². The molecule has 0 saturated heterocycles. The Morgan fingerprint density at radius 1 is 1.15 bits per heavy atom. The van der Waals surface area contributed by atoms with Gasteiger partial charge in [-0.15, -0.1) is 0 Å². The van der Waals surface area contributed by atoms with Crippen LogP contribution in [0.2, 0.25) is 0 Å². The molecule has 0 atom stereocenters. The van der Waals surface area contributed by atoms with E-state index in [0.29, 0.717) is 23.4 Å². The number of carboxylic acid groups (broad SMARTS) is 1. The van der Waals surface area contributed by atoms with Crippen molar-refractivity contribution in [3.05, 3.63) is 23.3 Å². The first-order valence-corrected chi connectivity index (χ1v) is 7.11. The number of benzene rings is 1. The summed E-state index contributed by atoms with van der Waals surface area (Å²) < 4.78 is 0. The number of nitrogen functional groups attached to an aromatic ring is 2. The van der Waals surface area contributed by atoms with Crippen LogP contribution in [0.25, 0.3) is 0 Å². The second-order valence-corrected chi connectivity index (χ2v) is 4.97. The van der Waals surface area contributed by atoms with E-state index in [1.807, 2.05) is 0 Å². The first kappa shape index (κ1) is 16.3. The van der Waals surface area contributed by atoms with Crippen LogP contribution in [0, 0.1) is 0 Å². The molecular weight excluding hydrogens is 254 g/mol. The van der Waals surface area contributed by atoms with Crippen LogP contribution in [0.15, 0.2) is 12.1 Å². The van der Waals surface area contributed by atoms with Gasteiger partial charge in [0, 0.05) is 12.1 Å². The number of hydrogen-bond donors (Lipinski definition) is 2. The molecule has 0 heterocycles. The van der Waals surface area contributed by atoms with Crippen LogP contribution < -0.4 is 16.6 Å². The van der Waals surface area contributed by atoms with Crippen molar-refractivity contribution in [3.8, 4) is 0 Å². The molecule has 0 aliphatic heterocycles. The smallest absolute Gasteiger partial charge is 0.0718 e. The number of aromatic carboxylic acids is 1. The molecule has 0 radical (unpaired) electrons. The second kappa shape index (κ2) is 7.75. The third kappa shape index (κ3) is 4.13. The zero-order valence-corrected chi connectivity index (χ0v) is 12.3. The standard InChI is InChI=1S/C15H25N3O2/c1-3-8-18(9-4-2)10-7-11-12(15(19)20)5-6-13(16)14(11)17/h5-6H,3-4,7-10,16-17H2,1-2H3,(H,19,20)/p-1. The van der Waals surface area contributed by atoms with E-state index in [9.17, 15) is 9.90 Å². The average Bonchev–Trinajstić information content (AvgIpc) is 2.40. The van der Waals surface area contributed by atoms with Crippen molar-refractivity contribution in [3.63, 3.8) is 0 Å². The van der Waals surface area contributed by atoms with Crippen molar-refractivity contribution in [1.29, 1.82) is 0 Å². The van der Waals surface area contributed by atoms with Gasteiger partial charge in [0.2, 0.25) is 0 Å². The highest BCUT2D eigenvalue weighted by molar-refractivity contribution is 5.91. The lowest BCUT2D eigenvalue weighted by atomic mass is 10.0. The van der Waals surface area contributed by atoms with Crippen LogP contribution in [0.4, 0.5) is 11.4 Å². The summed E-state index contributed by atoms with van der Waals surface area (Å²) in [5.41, 5.74) is 13.2. The topological polar surface area (TPSA) is 95.4 Å². The Hall–Kier alpha value is -1.75. The van der Waals surface area contributed by atoms with Gasteiger partial charge in [-0.3, -0.25) is 0 Å². The van der Waals surface area contributed by atoms with Crippen molar-refractivity contribution in [2.24, 2.45) is 0 Å². The Morgan fingerprint density at radius 3 is 2.25 bits per heavy atom. The molecule has 0 saturated carbocycles. The first-order valence-electron chi connectivity index (χ1n) is 7.11. The summed E-state index contributed by atoms with van der Waals surface area (Å²) in [4.78, 5) is 13.5. The van der Waals surface area contributed by atoms with Gasteiger partial charge in [0.25, 0.3) is 0 Å². The first-order chi connectivity index (χ1) is 9.51. The molecule has 20 heavy (non-hydrogen) atoms. The fourth-order valence-electron chi connectivity index (χ4n) is 2.38. The van der Waals surface area contributed by atoms with Gasteiger partial charge < -0.3 is 26.3 Å². The fraction of sp³-hybridized carbons (Fsp3) is 0.533. The fourth-order valence-corrected chi connectivity index (χ4v) is 2.38. The highest BCUT2D eigenvalue weighted by atomic mass is 16.4. The molecule has 0 aliphatic carbocycles. The summed E-state index contributed by atoms with van der Waals surface area (Å²) in [6.45, 7) is 7.03. The molecular formula is C15H24N3O2-. The Morgan fingerprint density at radius 2 is 1.75 bits per heavy atom. The number of nitrogens with zero attached hydrogens (tertiary/aromatic N) is 1. The Bertz CT molecular complexity index is 455. The third-order valence-corrected chi connectivity index (χ3v) is 3.37. The molecule has 0 fully saturated rings. The minimum absolute atomic E-state index is 0.143. The van der Waals surface area contributed by atoms with Gasteiger partial charge in [-0.05, 0) is 44.0 Å². The number of rotatable bonds is 8. The number of hydrogen-bond acceptors (Lipinski definition) is 5. The van der Waals surface area contributed by atoms with Crippen molar-refractivity contribution in [1.82, 2.24) is 4.90 Å². The number of anilines is 2. The highest BCUT2D eigenvalue weighted by Gasteiger charge is 2.12. The summed E-state index contributed by atoms with van der Waals surface area (Å²) in [7, 11) is 0. The summed E-state index contributed by atoms with van der Waals surface area (Å²) in [5.74, 6) is -1.20. The molecule has 0 amide bonds. The third-order valence-electron chi connectivity index (χ3n) is 3.37. The van der Waals surface area contributed by atoms with Gasteiger partial charge in [-0.2, -0.15) is 0 Å². The van der Waals surface area contributed by atoms with E-state index in [1.54, 1.807) is 0 Å². The molecule has 1 rings (SSSR count). The van der Waals surface area contributed by atoms with Crippen LogP contribution >= 0.6 is 0 Å². The quantitative estimate of drug-likeness (QED) is 0.688. The maximum Gasteiger partial charge on any atom is 0.0718 e. The summed E-state index contributed by atoms with van der Waals surface area (Å²) in [6, 6.07) is 2.99. The van der Waals surface area contributed by atoms with Gasteiger partial charge >= 0.3 is 0 Å². The summed E-state index contributed by atoms with van der Waals surface area (Å²) in [6.07, 6.45) is 2.71. The van der Waals surface area contributed by atoms with E-state index in [0.717, 1.165) is 32.5 Å². The van der Waals surface area contributed by atoms with E-state index in [2.05, 4.69) is 18.7 Å². The monoisotopic (exact) mass is 278 g/mol. The molecule has 0 bridgehead atoms. The Kier molecular flexibility index (Phi) is 6.31. The number of carbonyl (C=O) groups is 1. The lowest BCUT2D eigenvalue weighted by Crippen LogP contribution is -2.30. The van der Waals surface area contributed by atoms with Gasteiger partial charge in [0.05, 0.1) is 17.3 Å². The zero-order chi connectivity index (χ0) is 15.1. The van der Waals surface area contributed by atoms with E-state index in [4.69, 9.17) is 11.5 Å². The minimum atomic E-state index is -1.20. The average molecular weight is 278 g/mol. The number of carboxylic acids is 1. The Balaban J connectivity index is 2.89. The van der Waals surface area contributed by atoms with Crippen LogP contribution in [-0.2, 0) is 6.42 Å². The molecule has 5 heteroatoms. The predicted molar refractivity (Wildman–Crippen MR) is 80.3 cm³/mol. The number of carbonyl (C=O) groups excluding carboxylic acids is 1. The highest BCUT2D eigenvalue weighted by Crippen LogP contribution is 2.24. The van der Waals surface area contributed by atoms with E-state index < -0.39 is 5.97 Å². The Labute approximate surface area is 120 Å². The molecule has 0 spiro atoms. The molecule has 0 aromatic heterocycles. The van der Waals surface area contributed by atoms with Gasteiger partial charge in [-0.1, -0.05) is 19.9 Å². The molecule has 0 unspecified atom stereocenters. The van der Waals surface area contributed by atoms with Crippen molar-refractivity contribution >= 4 is 17.3 Å². The molecule has 112 valence electrons. The van der Waals surface area contributed by atoms with Crippen LogP contribution in [-0.4, -0.2) is 30.5 Å². The van der Waals surface area contributed by atoms with Gasteiger partial charge in [0.15, 0.2) is 0 Å². The van der Waals surface area contributed by atoms with Gasteiger partial charge in [-0.25, -0.2) is 0 Å². The van der Waals surface area contributed by atoms with Crippen molar-refractivity contribution < 1.29 is 9.90 Å². The normalized spacial score (nSPS) is 10.9. The van der Waals surface area contributed by atoms with E-state index in [1.165, 1.54) is 12.1 Å². The molecule has 4 N–H and O–H groups in total. The second-order valence-electron chi connectivity index (χ2n) is 4.97. The van der Waals surface area contributed by atoms with Crippen LogP contribution in [0.5, 0.6) is 0 Å². The number of nitrogens with two attached hydrogens (primary N) is 2. The lowest BCUT2D eigenvalue weighted by Gasteiger charge is -2.22. The molecule has 1 aromatic carbocycles. The van der Waals surface area contributed by atoms with Crippen LogP contribution in [0.1, 0.15) is 42.6 Å².